The van der Waals surface area contributed by atoms with Crippen LogP contribution in [0, 0.1) is 6.92 Å². The minimum absolute atomic E-state index is 0.824. The molecule has 11 heavy (non-hydrogen) atoms. The van der Waals surface area contributed by atoms with Crippen molar-refractivity contribution in [3.05, 3.63) is 42.5 Å². The first-order valence-electron chi connectivity index (χ1n) is 3.75. The Bertz CT molecular complexity index is 240. The maximum Gasteiger partial charge on any atom is 0.0372 e. The molecule has 0 amide bonds. The molecule has 0 spiro atoms. The Balaban J connectivity index is 2.69. The van der Waals surface area contributed by atoms with Crippen LogP contribution in [0.4, 0.5) is 5.69 Å². The lowest BCUT2D eigenvalue weighted by atomic mass is 10.2. The van der Waals surface area contributed by atoms with Gasteiger partial charge in [0.25, 0.3) is 0 Å². The molecule has 58 valence electrons. The van der Waals surface area contributed by atoms with E-state index in [1.54, 1.807) is 0 Å². The normalized spacial score (nSPS) is 9.18. The molecule has 0 aliphatic carbocycles. The summed E-state index contributed by atoms with van der Waals surface area (Å²) in [7, 11) is 0. The van der Waals surface area contributed by atoms with Gasteiger partial charge in [0.05, 0.1) is 0 Å². The van der Waals surface area contributed by atoms with E-state index < -0.39 is 0 Å². The van der Waals surface area contributed by atoms with Gasteiger partial charge in [-0.25, -0.2) is 0 Å². The number of aryl methyl sites for hydroxylation is 1. The number of hydrogen-bond acceptors (Lipinski definition) is 1. The van der Waals surface area contributed by atoms with Crippen molar-refractivity contribution in [3.8, 4) is 0 Å². The quantitative estimate of drug-likeness (QED) is 0.648. The van der Waals surface area contributed by atoms with Crippen LogP contribution in [0.1, 0.15) is 5.56 Å². The smallest absolute Gasteiger partial charge is 0.0372 e. The van der Waals surface area contributed by atoms with E-state index in [2.05, 4.69) is 31.0 Å². The summed E-state index contributed by atoms with van der Waals surface area (Å²) in [5.41, 5.74) is 2.46. The summed E-state index contributed by atoms with van der Waals surface area (Å²) in [6, 6.07) is 8.22. The van der Waals surface area contributed by atoms with E-state index in [0.717, 1.165) is 6.54 Å². The predicted molar refractivity (Wildman–Crippen MR) is 49.9 cm³/mol. The lowest BCUT2D eigenvalue weighted by Crippen LogP contribution is -1.98. The minimum Gasteiger partial charge on any atom is -0.381 e. The van der Waals surface area contributed by atoms with Crippen LogP contribution >= 0.6 is 0 Å². The van der Waals surface area contributed by atoms with Crippen LogP contribution in [0.5, 0.6) is 0 Å². The van der Waals surface area contributed by atoms with E-state index >= 15 is 0 Å². The lowest BCUT2D eigenvalue weighted by Gasteiger charge is -2.05. The predicted octanol–water partition coefficient (Wildman–Crippen LogP) is 2.59. The van der Waals surface area contributed by atoms with Crippen molar-refractivity contribution in [1.29, 1.82) is 0 Å². The zero-order chi connectivity index (χ0) is 8.10. The molecule has 1 nitrogen and oxygen atoms in total. The molecule has 1 aromatic rings. The van der Waals surface area contributed by atoms with Crippen LogP contribution in [-0.2, 0) is 0 Å². The van der Waals surface area contributed by atoms with Gasteiger partial charge in [0.2, 0.25) is 0 Å². The molecule has 0 heterocycles. The first kappa shape index (κ1) is 7.86. The van der Waals surface area contributed by atoms with Crippen LogP contribution < -0.4 is 5.32 Å². The molecular weight excluding hydrogens is 134 g/mol. The fourth-order valence-electron chi connectivity index (χ4n) is 0.953. The first-order chi connectivity index (χ1) is 5.34. The third-order valence-corrected chi connectivity index (χ3v) is 1.58. The summed E-state index contributed by atoms with van der Waals surface area (Å²) in [5, 5.41) is 3.24. The largest absolute Gasteiger partial charge is 0.381 e. The van der Waals surface area contributed by atoms with Crippen LogP contribution in [0.2, 0.25) is 0 Å². The van der Waals surface area contributed by atoms with Crippen molar-refractivity contribution < 1.29 is 0 Å². The Morgan fingerprint density at radius 3 is 2.82 bits per heavy atom. The summed E-state index contributed by atoms with van der Waals surface area (Å²) in [4.78, 5) is 0. The molecule has 0 radical (unpaired) electrons. The third-order valence-electron chi connectivity index (χ3n) is 1.58. The van der Waals surface area contributed by atoms with E-state index in [-0.39, 0.29) is 0 Å². The van der Waals surface area contributed by atoms with E-state index in [1.807, 2.05) is 18.2 Å². The van der Waals surface area contributed by atoms with Crippen LogP contribution in [0.15, 0.2) is 36.9 Å². The van der Waals surface area contributed by atoms with Crippen LogP contribution in [0.3, 0.4) is 0 Å². The van der Waals surface area contributed by atoms with Crippen LogP contribution in [0.25, 0.3) is 0 Å². The van der Waals surface area contributed by atoms with Crippen molar-refractivity contribution in [2.75, 3.05) is 11.9 Å². The molecule has 1 rings (SSSR count). The summed E-state index contributed by atoms with van der Waals surface area (Å²) < 4.78 is 0. The molecule has 0 aliphatic rings. The van der Waals surface area contributed by atoms with Crippen molar-refractivity contribution >= 4 is 5.69 Å². The number of benzene rings is 1. The number of anilines is 1. The molecule has 1 heteroatoms. The molecule has 1 N–H and O–H groups in total. The fourth-order valence-corrected chi connectivity index (χ4v) is 0.953. The first-order valence-corrected chi connectivity index (χ1v) is 3.75. The van der Waals surface area contributed by atoms with Gasteiger partial charge in [-0.3, -0.25) is 0 Å². The molecule has 0 aliphatic heterocycles. The lowest BCUT2D eigenvalue weighted by molar-refractivity contribution is 1.31. The van der Waals surface area contributed by atoms with Gasteiger partial charge in [-0.05, 0) is 18.6 Å². The Morgan fingerprint density at radius 1 is 1.45 bits per heavy atom. The second kappa shape index (κ2) is 3.81. The van der Waals surface area contributed by atoms with Gasteiger partial charge in [-0.15, -0.1) is 6.58 Å². The molecule has 1 aromatic carbocycles. The maximum absolute atomic E-state index is 3.64. The topological polar surface area (TPSA) is 12.0 Å². The Labute approximate surface area is 67.8 Å². The summed E-state index contributed by atoms with van der Waals surface area (Å²) in [6.45, 7) is 6.56. The molecular formula is C10H13N. The molecule has 0 fully saturated rings. The highest BCUT2D eigenvalue weighted by Gasteiger charge is 1.91. The third kappa shape index (κ3) is 2.11. The van der Waals surface area contributed by atoms with Gasteiger partial charge >= 0.3 is 0 Å². The van der Waals surface area contributed by atoms with Crippen molar-refractivity contribution in [2.45, 2.75) is 6.92 Å². The van der Waals surface area contributed by atoms with Gasteiger partial charge in [0, 0.05) is 12.2 Å². The second-order valence-corrected chi connectivity index (χ2v) is 2.48. The molecule has 0 saturated heterocycles. The molecule has 0 saturated carbocycles. The van der Waals surface area contributed by atoms with Crippen LogP contribution in [-0.4, -0.2) is 6.54 Å². The standard InChI is InChI=1S/C10H13N/c1-3-8-11-10-7-5-4-6-9(10)2/h3-7,11H,1,8H2,2H3. The summed E-state index contributed by atoms with van der Waals surface area (Å²) in [6.07, 6.45) is 1.85. The van der Waals surface area contributed by atoms with Gasteiger partial charge in [0.15, 0.2) is 0 Å². The zero-order valence-electron chi connectivity index (χ0n) is 6.80. The molecule has 0 unspecified atom stereocenters. The summed E-state index contributed by atoms with van der Waals surface area (Å²) in [5.74, 6) is 0. The SMILES string of the molecule is C=CCNc1ccccc1C. The van der Waals surface area contributed by atoms with Gasteiger partial charge < -0.3 is 5.32 Å². The van der Waals surface area contributed by atoms with E-state index in [1.165, 1.54) is 11.3 Å². The Hall–Kier alpha value is -1.24. The highest BCUT2D eigenvalue weighted by molar-refractivity contribution is 5.50. The average Bonchev–Trinajstić information content (AvgIpc) is 2.03. The van der Waals surface area contributed by atoms with E-state index in [9.17, 15) is 0 Å². The monoisotopic (exact) mass is 147 g/mol. The Kier molecular flexibility index (Phi) is 2.73. The van der Waals surface area contributed by atoms with Gasteiger partial charge in [0.1, 0.15) is 0 Å². The molecule has 0 atom stereocenters. The molecule has 0 aromatic heterocycles. The van der Waals surface area contributed by atoms with Gasteiger partial charge in [-0.2, -0.15) is 0 Å². The highest BCUT2D eigenvalue weighted by atomic mass is 14.9. The maximum atomic E-state index is 3.64. The van der Waals surface area contributed by atoms with Crippen molar-refractivity contribution in [3.63, 3.8) is 0 Å². The van der Waals surface area contributed by atoms with E-state index in [0.29, 0.717) is 0 Å². The van der Waals surface area contributed by atoms with Gasteiger partial charge in [-0.1, -0.05) is 24.3 Å². The average molecular weight is 147 g/mol. The second-order valence-electron chi connectivity index (χ2n) is 2.48. The number of rotatable bonds is 3. The number of para-hydroxylation sites is 1. The molecule has 0 bridgehead atoms. The van der Waals surface area contributed by atoms with E-state index in [4.69, 9.17) is 0 Å². The fraction of sp³-hybridized carbons (Fsp3) is 0.200. The summed E-state index contributed by atoms with van der Waals surface area (Å²) >= 11 is 0. The minimum atomic E-state index is 0.824. The number of nitrogens with one attached hydrogen (secondary N) is 1. The zero-order valence-corrected chi connectivity index (χ0v) is 6.80. The van der Waals surface area contributed by atoms with Crippen molar-refractivity contribution in [2.24, 2.45) is 0 Å². The van der Waals surface area contributed by atoms with Crippen molar-refractivity contribution in [1.82, 2.24) is 0 Å². The Morgan fingerprint density at radius 2 is 2.18 bits per heavy atom. The highest BCUT2D eigenvalue weighted by Crippen LogP contribution is 2.11. The number of hydrogen-bond donors (Lipinski definition) is 1.